The van der Waals surface area contributed by atoms with Crippen molar-refractivity contribution in [2.75, 3.05) is 19.6 Å². The number of hydrogen-bond donors (Lipinski definition) is 2. The fourth-order valence-corrected chi connectivity index (χ4v) is 1.32. The molecule has 0 aliphatic carbocycles. The summed E-state index contributed by atoms with van der Waals surface area (Å²) in [6, 6.07) is 2.28. The maximum Gasteiger partial charge on any atom is 0.221 e. The first-order valence-electron chi connectivity index (χ1n) is 5.90. The van der Waals surface area contributed by atoms with Crippen molar-refractivity contribution in [1.29, 1.82) is 5.26 Å². The van der Waals surface area contributed by atoms with E-state index in [1.807, 2.05) is 20.8 Å². The number of nitriles is 1. The molecule has 92 valence electrons. The summed E-state index contributed by atoms with van der Waals surface area (Å²) < 4.78 is 0. The van der Waals surface area contributed by atoms with Gasteiger partial charge in [-0.3, -0.25) is 4.79 Å². The van der Waals surface area contributed by atoms with Gasteiger partial charge in [0.15, 0.2) is 0 Å². The third-order valence-corrected chi connectivity index (χ3v) is 2.36. The zero-order valence-electron chi connectivity index (χ0n) is 10.6. The van der Waals surface area contributed by atoms with Gasteiger partial charge in [-0.1, -0.05) is 0 Å². The summed E-state index contributed by atoms with van der Waals surface area (Å²) in [7, 11) is 0. The third kappa shape index (κ3) is 8.25. The maximum absolute atomic E-state index is 11.1. The Morgan fingerprint density at radius 1 is 1.38 bits per heavy atom. The molecule has 0 aliphatic rings. The van der Waals surface area contributed by atoms with E-state index < -0.39 is 0 Å². The van der Waals surface area contributed by atoms with Crippen LogP contribution in [0.4, 0.5) is 0 Å². The Balaban J connectivity index is 3.35. The molecule has 0 heterocycles. The zero-order valence-corrected chi connectivity index (χ0v) is 10.6. The number of hydrogen-bond acceptors (Lipinski definition) is 3. The predicted molar refractivity (Wildman–Crippen MR) is 64.8 cm³/mol. The Morgan fingerprint density at radius 3 is 2.62 bits per heavy atom. The summed E-state index contributed by atoms with van der Waals surface area (Å²) in [5.74, 6) is 0.0901. The van der Waals surface area contributed by atoms with E-state index in [4.69, 9.17) is 5.26 Å². The topological polar surface area (TPSA) is 64.9 Å². The molecule has 0 unspecified atom stereocenters. The molecule has 0 atom stereocenters. The van der Waals surface area contributed by atoms with Gasteiger partial charge >= 0.3 is 0 Å². The van der Waals surface area contributed by atoms with Crippen LogP contribution in [0, 0.1) is 16.7 Å². The lowest BCUT2D eigenvalue weighted by Crippen LogP contribution is -2.28. The Kier molecular flexibility index (Phi) is 7.57. The molecule has 0 saturated carbocycles. The molecular formula is C12H23N3O. The lowest BCUT2D eigenvalue weighted by atomic mass is 9.90. The van der Waals surface area contributed by atoms with Crippen molar-refractivity contribution >= 4 is 5.91 Å². The second kappa shape index (κ2) is 8.12. The van der Waals surface area contributed by atoms with Gasteiger partial charge in [0.2, 0.25) is 5.91 Å². The molecule has 0 saturated heterocycles. The highest BCUT2D eigenvalue weighted by atomic mass is 16.1. The van der Waals surface area contributed by atoms with Crippen molar-refractivity contribution in [3.05, 3.63) is 0 Å². The largest absolute Gasteiger partial charge is 0.356 e. The van der Waals surface area contributed by atoms with Gasteiger partial charge in [-0.25, -0.2) is 0 Å². The number of nitrogens with one attached hydrogen (secondary N) is 2. The minimum absolute atomic E-state index is 0.0901. The van der Waals surface area contributed by atoms with E-state index in [1.165, 1.54) is 0 Å². The second-order valence-electron chi connectivity index (χ2n) is 4.55. The summed E-state index contributed by atoms with van der Waals surface area (Å²) >= 11 is 0. The fraction of sp³-hybridized carbons (Fsp3) is 0.833. The SMILES string of the molecule is CCNC(=O)CCNCCCC(C)(C)C#N. The summed E-state index contributed by atoms with van der Waals surface area (Å²) in [6.45, 7) is 8.07. The highest BCUT2D eigenvalue weighted by Gasteiger charge is 2.15. The van der Waals surface area contributed by atoms with Gasteiger partial charge in [-0.15, -0.1) is 0 Å². The van der Waals surface area contributed by atoms with E-state index >= 15 is 0 Å². The predicted octanol–water partition coefficient (Wildman–Crippen LogP) is 1.43. The molecule has 0 aromatic heterocycles. The molecule has 2 N–H and O–H groups in total. The van der Waals surface area contributed by atoms with Crippen molar-refractivity contribution in [1.82, 2.24) is 10.6 Å². The molecular weight excluding hydrogens is 202 g/mol. The van der Waals surface area contributed by atoms with E-state index in [0.29, 0.717) is 19.5 Å². The van der Waals surface area contributed by atoms with E-state index in [0.717, 1.165) is 19.4 Å². The molecule has 0 fully saturated rings. The maximum atomic E-state index is 11.1. The van der Waals surface area contributed by atoms with Gasteiger partial charge < -0.3 is 10.6 Å². The van der Waals surface area contributed by atoms with E-state index in [9.17, 15) is 4.79 Å². The van der Waals surface area contributed by atoms with Gasteiger partial charge in [-0.2, -0.15) is 5.26 Å². The summed E-state index contributed by atoms with van der Waals surface area (Å²) in [5, 5.41) is 14.8. The van der Waals surface area contributed by atoms with E-state index in [1.54, 1.807) is 0 Å². The van der Waals surface area contributed by atoms with Gasteiger partial charge in [0.1, 0.15) is 0 Å². The molecule has 1 amide bonds. The first kappa shape index (κ1) is 14.9. The Labute approximate surface area is 98.4 Å². The van der Waals surface area contributed by atoms with Crippen LogP contribution in [0.3, 0.4) is 0 Å². The fourth-order valence-electron chi connectivity index (χ4n) is 1.32. The monoisotopic (exact) mass is 225 g/mol. The standard InChI is InChI=1S/C12H23N3O/c1-4-15-11(16)6-9-14-8-5-7-12(2,3)10-13/h14H,4-9H2,1-3H3,(H,15,16). The van der Waals surface area contributed by atoms with Crippen LogP contribution in [0.5, 0.6) is 0 Å². The van der Waals surface area contributed by atoms with E-state index in [2.05, 4.69) is 16.7 Å². The van der Waals surface area contributed by atoms with E-state index in [-0.39, 0.29) is 11.3 Å². The Hall–Kier alpha value is -1.08. The lowest BCUT2D eigenvalue weighted by molar-refractivity contribution is -0.120. The Morgan fingerprint density at radius 2 is 2.06 bits per heavy atom. The summed E-state index contributed by atoms with van der Waals surface area (Å²) in [4.78, 5) is 11.1. The first-order chi connectivity index (χ1) is 7.52. The number of rotatable bonds is 8. The lowest BCUT2D eigenvalue weighted by Gasteiger charge is -2.14. The van der Waals surface area contributed by atoms with Gasteiger partial charge in [0.25, 0.3) is 0 Å². The third-order valence-electron chi connectivity index (χ3n) is 2.36. The Bertz CT molecular complexity index is 243. The molecule has 0 rings (SSSR count). The molecule has 4 heteroatoms. The number of carbonyl (C=O) groups is 1. The van der Waals surface area contributed by atoms with Crippen molar-refractivity contribution in [2.45, 2.75) is 40.0 Å². The molecule has 0 radical (unpaired) electrons. The average molecular weight is 225 g/mol. The highest BCUT2D eigenvalue weighted by Crippen LogP contribution is 2.19. The van der Waals surface area contributed by atoms with Gasteiger partial charge in [0, 0.05) is 19.5 Å². The van der Waals surface area contributed by atoms with Crippen molar-refractivity contribution in [2.24, 2.45) is 5.41 Å². The normalized spacial score (nSPS) is 10.9. The van der Waals surface area contributed by atoms with Crippen LogP contribution in [-0.4, -0.2) is 25.5 Å². The van der Waals surface area contributed by atoms with Crippen molar-refractivity contribution in [3.63, 3.8) is 0 Å². The van der Waals surface area contributed by atoms with Gasteiger partial charge in [0.05, 0.1) is 11.5 Å². The molecule has 16 heavy (non-hydrogen) atoms. The highest BCUT2D eigenvalue weighted by molar-refractivity contribution is 5.75. The van der Waals surface area contributed by atoms with Crippen LogP contribution in [0.2, 0.25) is 0 Å². The minimum Gasteiger partial charge on any atom is -0.356 e. The van der Waals surface area contributed by atoms with Crippen molar-refractivity contribution < 1.29 is 4.79 Å². The van der Waals surface area contributed by atoms with Gasteiger partial charge in [-0.05, 0) is 40.2 Å². The molecule has 0 aromatic rings. The smallest absolute Gasteiger partial charge is 0.221 e. The molecule has 0 spiro atoms. The minimum atomic E-state index is -0.235. The van der Waals surface area contributed by atoms with Crippen LogP contribution in [0.25, 0.3) is 0 Å². The quantitative estimate of drug-likeness (QED) is 0.614. The number of nitrogens with zero attached hydrogens (tertiary/aromatic N) is 1. The second-order valence-corrected chi connectivity index (χ2v) is 4.55. The van der Waals surface area contributed by atoms with Crippen LogP contribution in [-0.2, 0) is 4.79 Å². The molecule has 0 aliphatic heterocycles. The number of carbonyl (C=O) groups excluding carboxylic acids is 1. The number of amides is 1. The molecule has 0 aromatic carbocycles. The summed E-state index contributed by atoms with van der Waals surface area (Å²) in [6.07, 6.45) is 2.38. The van der Waals surface area contributed by atoms with Crippen LogP contribution < -0.4 is 10.6 Å². The zero-order chi connectivity index (χ0) is 12.4. The molecule has 4 nitrogen and oxygen atoms in total. The molecule has 0 bridgehead atoms. The van der Waals surface area contributed by atoms with Crippen LogP contribution in [0.1, 0.15) is 40.0 Å². The average Bonchev–Trinajstić information content (AvgIpc) is 2.23. The van der Waals surface area contributed by atoms with Crippen LogP contribution >= 0.6 is 0 Å². The summed E-state index contributed by atoms with van der Waals surface area (Å²) in [5.41, 5.74) is -0.235. The first-order valence-corrected chi connectivity index (χ1v) is 5.90. The van der Waals surface area contributed by atoms with Crippen LogP contribution in [0.15, 0.2) is 0 Å². The van der Waals surface area contributed by atoms with Crippen molar-refractivity contribution in [3.8, 4) is 6.07 Å².